The summed E-state index contributed by atoms with van der Waals surface area (Å²) in [5, 5.41) is 4.97. The number of amides is 1. The lowest BCUT2D eigenvalue weighted by Gasteiger charge is -2.25. The van der Waals surface area contributed by atoms with Gasteiger partial charge >= 0.3 is 0 Å². The molecule has 0 N–H and O–H groups in total. The van der Waals surface area contributed by atoms with Crippen LogP contribution in [0, 0.1) is 11.8 Å². The van der Waals surface area contributed by atoms with Crippen molar-refractivity contribution in [2.24, 2.45) is 11.8 Å². The van der Waals surface area contributed by atoms with Crippen molar-refractivity contribution in [3.8, 4) is 11.3 Å². The third kappa shape index (κ3) is 7.35. The number of benzene rings is 1. The minimum Gasteiger partial charge on any atom is -0.339 e. The van der Waals surface area contributed by atoms with E-state index in [1.165, 1.54) is 19.3 Å². The topological polar surface area (TPSA) is 40.9 Å². The molecule has 6 heteroatoms. The van der Waals surface area contributed by atoms with Gasteiger partial charge in [-0.05, 0) is 68.8 Å². The molecule has 2 aromatic heterocycles. The molecule has 1 aliphatic rings. The molecule has 0 radical (unpaired) electrons. The third-order valence-electron chi connectivity index (χ3n) is 7.39. The molecule has 0 spiro atoms. The van der Waals surface area contributed by atoms with E-state index in [4.69, 9.17) is 5.10 Å². The number of halogens is 1. The lowest BCUT2D eigenvalue weighted by molar-refractivity contribution is 0.0741. The van der Waals surface area contributed by atoms with E-state index < -0.39 is 0 Å². The molecule has 38 heavy (non-hydrogen) atoms. The van der Waals surface area contributed by atoms with Crippen LogP contribution < -0.4 is 0 Å². The second-order valence-electron chi connectivity index (χ2n) is 11.4. The van der Waals surface area contributed by atoms with Crippen LogP contribution in [-0.2, 0) is 0 Å². The molecule has 0 aliphatic carbocycles. The molecule has 1 aliphatic heterocycles. The van der Waals surface area contributed by atoms with Crippen LogP contribution >= 0.6 is 15.9 Å². The largest absolute Gasteiger partial charge is 0.339 e. The first kappa shape index (κ1) is 28.6. The molecule has 3 aromatic rings. The Morgan fingerprint density at radius 2 is 1.71 bits per heavy atom. The Hall–Kier alpha value is -2.44. The maximum absolute atomic E-state index is 13.7. The van der Waals surface area contributed by atoms with Gasteiger partial charge in [0.15, 0.2) is 0 Å². The van der Waals surface area contributed by atoms with E-state index >= 15 is 0 Å². The highest BCUT2D eigenvalue weighted by Crippen LogP contribution is 2.33. The zero-order valence-corrected chi connectivity index (χ0v) is 25.1. The Morgan fingerprint density at radius 3 is 2.37 bits per heavy atom. The Labute approximate surface area is 237 Å². The van der Waals surface area contributed by atoms with Crippen LogP contribution in [0.15, 0.2) is 53.1 Å². The molecule has 1 aromatic carbocycles. The van der Waals surface area contributed by atoms with Gasteiger partial charge in [0.1, 0.15) is 5.69 Å². The summed E-state index contributed by atoms with van der Waals surface area (Å²) in [7, 11) is 0. The second-order valence-corrected chi connectivity index (χ2v) is 12.3. The summed E-state index contributed by atoms with van der Waals surface area (Å²) < 4.78 is 2.93. The van der Waals surface area contributed by atoms with Gasteiger partial charge in [-0.3, -0.25) is 9.69 Å². The van der Waals surface area contributed by atoms with Gasteiger partial charge in [-0.25, -0.2) is 4.52 Å². The molecule has 0 unspecified atom stereocenters. The Kier molecular flexibility index (Phi) is 10.2. The molecule has 0 atom stereocenters. The number of carbonyl (C=O) groups excluding carboxylic acids is 1. The van der Waals surface area contributed by atoms with Crippen LogP contribution in [0.1, 0.15) is 75.7 Å². The van der Waals surface area contributed by atoms with Crippen molar-refractivity contribution in [1.29, 1.82) is 0 Å². The predicted octanol–water partition coefficient (Wildman–Crippen LogP) is 7.80. The summed E-state index contributed by atoms with van der Waals surface area (Å²) in [6.07, 6.45) is 12.3. The van der Waals surface area contributed by atoms with Crippen molar-refractivity contribution >= 4 is 33.4 Å². The minimum atomic E-state index is 0.112. The van der Waals surface area contributed by atoms with Gasteiger partial charge in [0.2, 0.25) is 0 Å². The Bertz CT molecular complexity index is 1230. The lowest BCUT2D eigenvalue weighted by Crippen LogP contribution is -2.34. The van der Waals surface area contributed by atoms with Crippen LogP contribution in [0.4, 0.5) is 0 Å². The van der Waals surface area contributed by atoms with Crippen LogP contribution in [0.3, 0.4) is 0 Å². The molecule has 3 heterocycles. The van der Waals surface area contributed by atoms with Crippen molar-refractivity contribution in [3.63, 3.8) is 0 Å². The quantitative estimate of drug-likeness (QED) is 0.233. The van der Waals surface area contributed by atoms with Crippen LogP contribution in [0.5, 0.6) is 0 Å². The second kappa shape index (κ2) is 13.6. The van der Waals surface area contributed by atoms with Crippen LogP contribution in [0.2, 0.25) is 0 Å². The third-order valence-corrected chi connectivity index (χ3v) is 8.08. The summed E-state index contributed by atoms with van der Waals surface area (Å²) in [6, 6.07) is 12.2. The number of hydrogen-bond acceptors (Lipinski definition) is 3. The lowest BCUT2D eigenvalue weighted by atomic mass is 10.0. The van der Waals surface area contributed by atoms with Gasteiger partial charge in [-0.15, -0.1) is 0 Å². The van der Waals surface area contributed by atoms with Gasteiger partial charge in [0.25, 0.3) is 5.91 Å². The molecule has 1 fully saturated rings. The highest BCUT2D eigenvalue weighted by Gasteiger charge is 2.20. The molecule has 204 valence electrons. The summed E-state index contributed by atoms with van der Waals surface area (Å²) >= 11 is 3.73. The van der Waals surface area contributed by atoms with E-state index in [9.17, 15) is 4.79 Å². The number of carbonyl (C=O) groups is 1. The average molecular weight is 580 g/mol. The van der Waals surface area contributed by atoms with E-state index in [1.54, 1.807) is 0 Å². The number of likely N-dealkylation sites (tertiary alicyclic amines) is 1. The standard InChI is InChI=1S/C32H43BrN4O/c1-24(2)14-20-36(21-15-25(3)4)32(38)26-16-22-37-30(23-26)28(12-10-19-35-17-8-5-9-18-35)31(34-37)27-11-6-7-13-29(27)33/h6-7,10-13,16,22-25H,5,8-9,14-15,17-21H2,1-4H3/b12-10+. The van der Waals surface area contributed by atoms with Gasteiger partial charge in [-0.2, -0.15) is 5.10 Å². The van der Waals surface area contributed by atoms with Crippen molar-refractivity contribution < 1.29 is 4.79 Å². The molecule has 5 nitrogen and oxygen atoms in total. The fourth-order valence-electron chi connectivity index (χ4n) is 5.00. The zero-order valence-electron chi connectivity index (χ0n) is 23.5. The van der Waals surface area contributed by atoms with Gasteiger partial charge in [0, 0.05) is 47.0 Å². The van der Waals surface area contributed by atoms with E-state index in [1.807, 2.05) is 39.9 Å². The number of piperidine rings is 1. The Morgan fingerprint density at radius 1 is 1.03 bits per heavy atom. The number of fused-ring (bicyclic) bond motifs is 1. The smallest absolute Gasteiger partial charge is 0.253 e. The van der Waals surface area contributed by atoms with E-state index in [-0.39, 0.29) is 5.91 Å². The molecule has 1 amide bonds. The fourth-order valence-corrected chi connectivity index (χ4v) is 5.47. The number of aromatic nitrogens is 2. The van der Waals surface area contributed by atoms with Gasteiger partial charge in [0.05, 0.1) is 5.52 Å². The number of pyridine rings is 1. The van der Waals surface area contributed by atoms with Gasteiger partial charge in [-0.1, -0.05) is 80.4 Å². The maximum Gasteiger partial charge on any atom is 0.253 e. The molecular formula is C32H43BrN4O. The number of rotatable bonds is 11. The predicted molar refractivity (Wildman–Crippen MR) is 162 cm³/mol. The van der Waals surface area contributed by atoms with Crippen LogP contribution in [-0.4, -0.2) is 58.0 Å². The Balaban J connectivity index is 1.70. The molecular weight excluding hydrogens is 536 g/mol. The van der Waals surface area contributed by atoms with Crippen LogP contribution in [0.25, 0.3) is 22.9 Å². The maximum atomic E-state index is 13.7. The first-order valence-corrected chi connectivity index (χ1v) is 15.1. The molecule has 0 bridgehead atoms. The highest BCUT2D eigenvalue weighted by molar-refractivity contribution is 9.10. The summed E-state index contributed by atoms with van der Waals surface area (Å²) in [5.41, 5.74) is 4.73. The summed E-state index contributed by atoms with van der Waals surface area (Å²) in [4.78, 5) is 18.3. The monoisotopic (exact) mass is 578 g/mol. The molecule has 1 saturated heterocycles. The first-order valence-electron chi connectivity index (χ1n) is 14.3. The van der Waals surface area contributed by atoms with Crippen molar-refractivity contribution in [1.82, 2.24) is 19.4 Å². The first-order chi connectivity index (χ1) is 18.3. The molecule has 4 rings (SSSR count). The van der Waals surface area contributed by atoms with Crippen molar-refractivity contribution in [2.75, 3.05) is 32.7 Å². The summed E-state index contributed by atoms with van der Waals surface area (Å²) in [5.74, 6) is 1.23. The van der Waals surface area contributed by atoms with E-state index in [0.29, 0.717) is 11.8 Å². The van der Waals surface area contributed by atoms with Crippen molar-refractivity contribution in [3.05, 3.63) is 64.3 Å². The zero-order chi connectivity index (χ0) is 27.1. The molecule has 0 saturated carbocycles. The van der Waals surface area contributed by atoms with E-state index in [0.717, 1.165) is 77.9 Å². The average Bonchev–Trinajstić information content (AvgIpc) is 3.26. The van der Waals surface area contributed by atoms with Crippen molar-refractivity contribution in [2.45, 2.75) is 59.8 Å². The minimum absolute atomic E-state index is 0.112. The number of nitrogens with zero attached hydrogens (tertiary/aromatic N) is 4. The highest BCUT2D eigenvalue weighted by atomic mass is 79.9. The normalized spacial score (nSPS) is 14.8. The SMILES string of the molecule is CC(C)CCN(CCC(C)C)C(=O)c1ccn2nc(-c3ccccc3Br)c(/C=C/CN3CCCCC3)c2c1. The van der Waals surface area contributed by atoms with E-state index in [2.05, 4.69) is 72.8 Å². The fraction of sp³-hybridized carbons (Fsp3) is 0.500. The van der Waals surface area contributed by atoms with Gasteiger partial charge < -0.3 is 4.90 Å². The number of hydrogen-bond donors (Lipinski definition) is 0. The summed E-state index contributed by atoms with van der Waals surface area (Å²) in [6.45, 7) is 13.7.